The van der Waals surface area contributed by atoms with Crippen LogP contribution in [0.15, 0.2) is 6.33 Å². The summed E-state index contributed by atoms with van der Waals surface area (Å²) < 4.78 is 0. The molecule has 4 N–H and O–H groups in total. The molecule has 2 heterocycles. The minimum absolute atomic E-state index is 0.610. The molecule has 0 aromatic carbocycles. The van der Waals surface area contributed by atoms with E-state index in [2.05, 4.69) is 39.5 Å². The Morgan fingerprint density at radius 2 is 2.15 bits per heavy atom. The van der Waals surface area contributed by atoms with Crippen LogP contribution >= 0.6 is 0 Å². The first-order valence-corrected chi connectivity index (χ1v) is 7.58. The molecule has 0 aliphatic carbocycles. The highest BCUT2D eigenvalue weighted by atomic mass is 15.3. The van der Waals surface area contributed by atoms with Gasteiger partial charge in [-0.2, -0.15) is 0 Å². The average Bonchev–Trinajstić information content (AvgIpc) is 2.93. The summed E-state index contributed by atoms with van der Waals surface area (Å²) in [6.07, 6.45) is 6.08. The topological polar surface area (TPSA) is 79.1 Å². The number of hydrogen-bond donors (Lipinski definition) is 3. The Bertz CT molecular complexity index is 422. The highest BCUT2D eigenvalue weighted by Crippen LogP contribution is 2.22. The summed E-state index contributed by atoms with van der Waals surface area (Å²) in [6, 6.07) is 0.610. The maximum Gasteiger partial charge on any atom is 0.148 e. The number of rotatable bonds is 7. The lowest BCUT2D eigenvalue weighted by molar-refractivity contribution is 0.277. The molecule has 1 aliphatic rings. The van der Waals surface area contributed by atoms with E-state index < -0.39 is 0 Å². The SMILES string of the molecule is CCCc1c(NN)ncnc1NCC1CCCN1CC. The number of hydrazine groups is 1. The molecule has 1 aromatic rings. The van der Waals surface area contributed by atoms with Crippen LogP contribution in [0.25, 0.3) is 0 Å². The monoisotopic (exact) mass is 278 g/mol. The third-order valence-corrected chi connectivity index (χ3v) is 3.99. The fourth-order valence-corrected chi connectivity index (χ4v) is 2.93. The van der Waals surface area contributed by atoms with Gasteiger partial charge in [-0.05, 0) is 32.4 Å². The van der Waals surface area contributed by atoms with E-state index >= 15 is 0 Å². The van der Waals surface area contributed by atoms with Gasteiger partial charge in [0.15, 0.2) is 0 Å². The second kappa shape index (κ2) is 7.40. The number of nitrogens with zero attached hydrogens (tertiary/aromatic N) is 3. The fraction of sp³-hybridized carbons (Fsp3) is 0.714. The van der Waals surface area contributed by atoms with Crippen molar-refractivity contribution in [2.45, 2.75) is 45.6 Å². The van der Waals surface area contributed by atoms with Crippen LogP contribution in [0.1, 0.15) is 38.7 Å². The van der Waals surface area contributed by atoms with E-state index in [1.54, 1.807) is 6.33 Å². The molecule has 0 bridgehead atoms. The minimum atomic E-state index is 0.610. The third kappa shape index (κ3) is 3.37. The summed E-state index contributed by atoms with van der Waals surface area (Å²) in [5.41, 5.74) is 3.75. The first-order valence-electron chi connectivity index (χ1n) is 7.58. The molecule has 1 aliphatic heterocycles. The normalized spacial score (nSPS) is 19.2. The first kappa shape index (κ1) is 15.0. The number of anilines is 2. The summed E-state index contributed by atoms with van der Waals surface area (Å²) in [4.78, 5) is 11.1. The maximum atomic E-state index is 5.54. The standard InChI is InChI=1S/C14H26N6/c1-3-6-12-13(17-10-18-14(12)19-15)16-9-11-7-5-8-20(11)4-2/h10-11H,3-9,15H2,1-2H3,(H2,16,17,18,19). The lowest BCUT2D eigenvalue weighted by atomic mass is 10.1. The number of nitrogens with one attached hydrogen (secondary N) is 2. The van der Waals surface area contributed by atoms with E-state index in [1.807, 2.05) is 0 Å². The Hall–Kier alpha value is -1.40. The van der Waals surface area contributed by atoms with Crippen molar-refractivity contribution in [1.82, 2.24) is 14.9 Å². The van der Waals surface area contributed by atoms with Crippen LogP contribution in [0.2, 0.25) is 0 Å². The highest BCUT2D eigenvalue weighted by molar-refractivity contribution is 5.56. The Balaban J connectivity index is 2.05. The van der Waals surface area contributed by atoms with Crippen molar-refractivity contribution in [3.05, 3.63) is 11.9 Å². The zero-order valence-corrected chi connectivity index (χ0v) is 12.5. The average molecular weight is 278 g/mol. The van der Waals surface area contributed by atoms with Crippen molar-refractivity contribution in [3.8, 4) is 0 Å². The van der Waals surface area contributed by atoms with Gasteiger partial charge in [0.05, 0.1) is 0 Å². The van der Waals surface area contributed by atoms with Crippen LogP contribution in [0, 0.1) is 0 Å². The Labute approximate surface area is 121 Å². The Morgan fingerprint density at radius 3 is 2.85 bits per heavy atom. The van der Waals surface area contributed by atoms with Crippen molar-refractivity contribution >= 4 is 11.6 Å². The van der Waals surface area contributed by atoms with E-state index in [4.69, 9.17) is 5.84 Å². The molecule has 1 aromatic heterocycles. The van der Waals surface area contributed by atoms with Gasteiger partial charge in [0.25, 0.3) is 0 Å². The maximum absolute atomic E-state index is 5.54. The molecule has 2 rings (SSSR count). The number of hydrogen-bond acceptors (Lipinski definition) is 6. The summed E-state index contributed by atoms with van der Waals surface area (Å²) in [6.45, 7) is 7.64. The van der Waals surface area contributed by atoms with Crippen LogP contribution in [-0.2, 0) is 6.42 Å². The molecule has 20 heavy (non-hydrogen) atoms. The third-order valence-electron chi connectivity index (χ3n) is 3.99. The van der Waals surface area contributed by atoms with Crippen LogP contribution in [0.5, 0.6) is 0 Å². The molecule has 6 nitrogen and oxygen atoms in total. The van der Waals surface area contributed by atoms with E-state index in [9.17, 15) is 0 Å². The highest BCUT2D eigenvalue weighted by Gasteiger charge is 2.23. The van der Waals surface area contributed by atoms with Gasteiger partial charge in [0, 0.05) is 18.2 Å². The van der Waals surface area contributed by atoms with Crippen molar-refractivity contribution < 1.29 is 0 Å². The van der Waals surface area contributed by atoms with E-state index in [0.29, 0.717) is 6.04 Å². The smallest absolute Gasteiger partial charge is 0.148 e. The predicted molar refractivity (Wildman–Crippen MR) is 82.6 cm³/mol. The van der Waals surface area contributed by atoms with Crippen molar-refractivity contribution in [1.29, 1.82) is 0 Å². The van der Waals surface area contributed by atoms with Crippen molar-refractivity contribution in [3.63, 3.8) is 0 Å². The molecular weight excluding hydrogens is 252 g/mol. The van der Waals surface area contributed by atoms with Gasteiger partial charge in [0.2, 0.25) is 0 Å². The van der Waals surface area contributed by atoms with Gasteiger partial charge in [-0.15, -0.1) is 0 Å². The molecule has 1 atom stereocenters. The summed E-state index contributed by atoms with van der Waals surface area (Å²) in [5, 5.41) is 3.49. The fourth-order valence-electron chi connectivity index (χ4n) is 2.93. The van der Waals surface area contributed by atoms with Crippen molar-refractivity contribution in [2.24, 2.45) is 5.84 Å². The minimum Gasteiger partial charge on any atom is -0.368 e. The second-order valence-corrected chi connectivity index (χ2v) is 5.25. The lowest BCUT2D eigenvalue weighted by Crippen LogP contribution is -2.35. The van der Waals surface area contributed by atoms with Gasteiger partial charge >= 0.3 is 0 Å². The van der Waals surface area contributed by atoms with Gasteiger partial charge in [-0.3, -0.25) is 4.90 Å². The lowest BCUT2D eigenvalue weighted by Gasteiger charge is -2.24. The van der Waals surface area contributed by atoms with Crippen LogP contribution in [-0.4, -0.2) is 40.5 Å². The van der Waals surface area contributed by atoms with E-state index in [1.165, 1.54) is 19.4 Å². The number of nitrogens with two attached hydrogens (primary N) is 1. The van der Waals surface area contributed by atoms with Crippen LogP contribution in [0.4, 0.5) is 11.6 Å². The Kier molecular flexibility index (Phi) is 5.55. The molecule has 1 fully saturated rings. The second-order valence-electron chi connectivity index (χ2n) is 5.25. The Morgan fingerprint density at radius 1 is 1.35 bits per heavy atom. The van der Waals surface area contributed by atoms with Crippen LogP contribution in [0.3, 0.4) is 0 Å². The molecule has 1 unspecified atom stereocenters. The zero-order chi connectivity index (χ0) is 14.4. The van der Waals surface area contributed by atoms with Gasteiger partial charge in [0.1, 0.15) is 18.0 Å². The summed E-state index contributed by atoms with van der Waals surface area (Å²) in [7, 11) is 0. The predicted octanol–water partition coefficient (Wildman–Crippen LogP) is 1.61. The molecule has 112 valence electrons. The van der Waals surface area contributed by atoms with Crippen molar-refractivity contribution in [2.75, 3.05) is 30.4 Å². The quantitative estimate of drug-likeness (QED) is 0.519. The van der Waals surface area contributed by atoms with E-state index in [0.717, 1.165) is 43.1 Å². The van der Waals surface area contributed by atoms with Gasteiger partial charge in [-0.1, -0.05) is 20.3 Å². The zero-order valence-electron chi connectivity index (χ0n) is 12.5. The number of likely N-dealkylation sites (N-methyl/N-ethyl adjacent to an activating group) is 1. The molecule has 1 saturated heterocycles. The molecule has 0 radical (unpaired) electrons. The molecule has 6 heteroatoms. The number of nitrogen functional groups attached to an aromatic ring is 1. The number of aromatic nitrogens is 2. The molecule has 0 amide bonds. The number of likely N-dealkylation sites (tertiary alicyclic amines) is 1. The van der Waals surface area contributed by atoms with Gasteiger partial charge in [-0.25, -0.2) is 15.8 Å². The molecule has 0 spiro atoms. The largest absolute Gasteiger partial charge is 0.368 e. The summed E-state index contributed by atoms with van der Waals surface area (Å²) in [5.74, 6) is 7.18. The molecule has 0 saturated carbocycles. The first-order chi connectivity index (χ1) is 9.80. The van der Waals surface area contributed by atoms with Crippen LogP contribution < -0.4 is 16.6 Å². The van der Waals surface area contributed by atoms with E-state index in [-0.39, 0.29) is 0 Å². The summed E-state index contributed by atoms with van der Waals surface area (Å²) >= 11 is 0. The molecular formula is C14H26N6. The van der Waals surface area contributed by atoms with Gasteiger partial charge < -0.3 is 10.7 Å².